The maximum Gasteiger partial charge on any atom is 0.0990 e. The first-order valence-electron chi connectivity index (χ1n) is 7.28. The van der Waals surface area contributed by atoms with Crippen LogP contribution in [0.25, 0.3) is 0 Å². The van der Waals surface area contributed by atoms with Gasteiger partial charge in [-0.2, -0.15) is 0 Å². The molecule has 4 bridgehead atoms. The number of hydrogen-bond acceptors (Lipinski definition) is 2. The van der Waals surface area contributed by atoms with Crippen molar-refractivity contribution in [2.24, 2.45) is 17.8 Å². The molecule has 5 rings (SSSR count). The van der Waals surface area contributed by atoms with Crippen LogP contribution in [0.4, 0.5) is 0 Å². The van der Waals surface area contributed by atoms with Gasteiger partial charge < -0.3 is 0 Å². The molecule has 4 aliphatic rings. The van der Waals surface area contributed by atoms with Gasteiger partial charge in [0, 0.05) is 23.1 Å². The predicted molar refractivity (Wildman–Crippen MR) is 76.4 cm³/mol. The van der Waals surface area contributed by atoms with Crippen molar-refractivity contribution in [2.45, 2.75) is 50.4 Å². The van der Waals surface area contributed by atoms with Crippen LogP contribution in [-0.4, -0.2) is 10.9 Å². The zero-order chi connectivity index (χ0) is 12.2. The lowest BCUT2D eigenvalue weighted by Gasteiger charge is -2.56. The summed E-state index contributed by atoms with van der Waals surface area (Å²) in [5, 5.41) is 3.69. The largest absolute Gasteiger partial charge is 0.246 e. The summed E-state index contributed by atoms with van der Waals surface area (Å²) in [5.41, 5.74) is 1.70. The van der Waals surface area contributed by atoms with E-state index >= 15 is 0 Å². The zero-order valence-electron chi connectivity index (χ0n) is 10.7. The fourth-order valence-electron chi connectivity index (χ4n) is 5.13. The Balaban J connectivity index is 1.66. The summed E-state index contributed by atoms with van der Waals surface area (Å²) < 4.78 is 0. The molecule has 0 radical (unpaired) electrons. The molecule has 1 nitrogen and oxygen atoms in total. The second-order valence-electron chi connectivity index (χ2n) is 6.78. The van der Waals surface area contributed by atoms with E-state index < -0.39 is 0 Å². The van der Waals surface area contributed by atoms with Gasteiger partial charge in [0.2, 0.25) is 0 Å². The van der Waals surface area contributed by atoms with Crippen LogP contribution in [0.15, 0.2) is 5.38 Å². The van der Waals surface area contributed by atoms with Crippen molar-refractivity contribution in [1.29, 1.82) is 0 Å². The van der Waals surface area contributed by atoms with E-state index in [4.69, 9.17) is 16.6 Å². The Bertz CT molecular complexity index is 418. The lowest BCUT2D eigenvalue weighted by molar-refractivity contribution is -0.00533. The predicted octanol–water partition coefficient (Wildman–Crippen LogP) is 4.39. The standard InChI is InChI=1S/C15H20ClNS/c16-2-1-13-9-18-14(17-13)15-6-10-3-11(7-15)5-12(4-10)8-15/h9-12H,1-8H2. The number of aryl methyl sites for hydroxylation is 1. The number of hydrogen-bond donors (Lipinski definition) is 0. The van der Waals surface area contributed by atoms with Crippen LogP contribution in [0.3, 0.4) is 0 Å². The van der Waals surface area contributed by atoms with Gasteiger partial charge in [-0.15, -0.1) is 22.9 Å². The smallest absolute Gasteiger partial charge is 0.0990 e. The summed E-state index contributed by atoms with van der Waals surface area (Å²) >= 11 is 7.74. The van der Waals surface area contributed by atoms with Crippen molar-refractivity contribution < 1.29 is 0 Å². The van der Waals surface area contributed by atoms with Crippen LogP contribution in [0.2, 0.25) is 0 Å². The highest BCUT2D eigenvalue weighted by atomic mass is 35.5. The molecule has 0 aliphatic heterocycles. The molecule has 4 saturated carbocycles. The Hall–Kier alpha value is -0.0800. The lowest BCUT2D eigenvalue weighted by Crippen LogP contribution is -2.48. The molecule has 0 atom stereocenters. The van der Waals surface area contributed by atoms with Gasteiger partial charge >= 0.3 is 0 Å². The Morgan fingerprint density at radius 2 is 1.78 bits per heavy atom. The number of aromatic nitrogens is 1. The highest BCUT2D eigenvalue weighted by Crippen LogP contribution is 2.61. The summed E-state index contributed by atoms with van der Waals surface area (Å²) in [5.74, 6) is 3.73. The average molecular weight is 282 g/mol. The fraction of sp³-hybridized carbons (Fsp3) is 0.800. The summed E-state index contributed by atoms with van der Waals surface area (Å²) in [4.78, 5) is 4.92. The number of nitrogens with zero attached hydrogens (tertiary/aromatic N) is 1. The summed E-state index contributed by atoms with van der Waals surface area (Å²) in [7, 11) is 0. The highest BCUT2D eigenvalue weighted by Gasteiger charge is 2.52. The van der Waals surface area contributed by atoms with Crippen LogP contribution < -0.4 is 0 Å². The Kier molecular flexibility index (Phi) is 2.74. The fourth-order valence-corrected chi connectivity index (χ4v) is 6.42. The molecule has 0 amide bonds. The lowest BCUT2D eigenvalue weighted by atomic mass is 9.50. The van der Waals surface area contributed by atoms with Crippen molar-refractivity contribution >= 4 is 22.9 Å². The third-order valence-corrected chi connectivity index (χ3v) is 6.72. The van der Waals surface area contributed by atoms with Gasteiger partial charge in [-0.3, -0.25) is 0 Å². The van der Waals surface area contributed by atoms with Gasteiger partial charge in [0.25, 0.3) is 0 Å². The van der Waals surface area contributed by atoms with Gasteiger partial charge in [0.05, 0.1) is 10.7 Å². The molecular formula is C15H20ClNS. The number of rotatable bonds is 3. The minimum Gasteiger partial charge on any atom is -0.246 e. The molecular weight excluding hydrogens is 262 g/mol. The molecule has 1 aromatic heterocycles. The highest BCUT2D eigenvalue weighted by molar-refractivity contribution is 7.09. The number of thiazole rings is 1. The molecule has 0 aromatic carbocycles. The van der Waals surface area contributed by atoms with E-state index in [1.807, 2.05) is 11.3 Å². The van der Waals surface area contributed by atoms with Gasteiger partial charge in [0.15, 0.2) is 0 Å². The molecule has 0 spiro atoms. The van der Waals surface area contributed by atoms with Gasteiger partial charge in [-0.25, -0.2) is 4.98 Å². The second kappa shape index (κ2) is 4.21. The Labute approximate surface area is 118 Å². The van der Waals surface area contributed by atoms with Crippen LogP contribution in [-0.2, 0) is 11.8 Å². The summed E-state index contributed by atoms with van der Waals surface area (Å²) in [6.07, 6.45) is 9.74. The molecule has 0 unspecified atom stereocenters. The molecule has 4 fully saturated rings. The molecule has 4 aliphatic carbocycles. The first-order valence-corrected chi connectivity index (χ1v) is 8.70. The van der Waals surface area contributed by atoms with Crippen molar-refractivity contribution in [1.82, 2.24) is 4.98 Å². The Morgan fingerprint density at radius 1 is 1.17 bits per heavy atom. The number of alkyl halides is 1. The molecule has 18 heavy (non-hydrogen) atoms. The van der Waals surface area contributed by atoms with Crippen molar-refractivity contribution in [3.05, 3.63) is 16.1 Å². The second-order valence-corrected chi connectivity index (χ2v) is 8.02. The summed E-state index contributed by atoms with van der Waals surface area (Å²) in [6.45, 7) is 0. The minimum atomic E-state index is 0.476. The zero-order valence-corrected chi connectivity index (χ0v) is 12.3. The maximum atomic E-state index is 5.83. The average Bonchev–Trinajstić information content (AvgIpc) is 2.77. The SMILES string of the molecule is ClCCc1csc(C23CC4CC(CC(C4)C2)C3)n1. The van der Waals surface area contributed by atoms with E-state index in [1.165, 1.54) is 49.2 Å². The molecule has 0 N–H and O–H groups in total. The van der Waals surface area contributed by atoms with E-state index in [0.29, 0.717) is 11.3 Å². The minimum absolute atomic E-state index is 0.476. The van der Waals surface area contributed by atoms with E-state index in [9.17, 15) is 0 Å². The van der Waals surface area contributed by atoms with E-state index in [0.717, 1.165) is 24.2 Å². The van der Waals surface area contributed by atoms with Crippen LogP contribution >= 0.6 is 22.9 Å². The van der Waals surface area contributed by atoms with Crippen molar-refractivity contribution in [3.63, 3.8) is 0 Å². The number of halogens is 1. The first-order chi connectivity index (χ1) is 8.77. The molecule has 1 heterocycles. The van der Waals surface area contributed by atoms with E-state index in [1.54, 1.807) is 0 Å². The van der Waals surface area contributed by atoms with E-state index in [2.05, 4.69) is 5.38 Å². The Morgan fingerprint density at radius 3 is 2.33 bits per heavy atom. The molecule has 0 saturated heterocycles. The van der Waals surface area contributed by atoms with Gasteiger partial charge in [-0.1, -0.05) is 0 Å². The van der Waals surface area contributed by atoms with Crippen molar-refractivity contribution in [2.75, 3.05) is 5.88 Å². The quantitative estimate of drug-likeness (QED) is 0.749. The third-order valence-electron chi connectivity index (χ3n) is 5.39. The van der Waals surface area contributed by atoms with Crippen LogP contribution in [0.5, 0.6) is 0 Å². The van der Waals surface area contributed by atoms with Gasteiger partial charge in [-0.05, 0) is 56.3 Å². The monoisotopic (exact) mass is 281 g/mol. The molecule has 1 aromatic rings. The summed E-state index contributed by atoms with van der Waals surface area (Å²) in [6, 6.07) is 0. The topological polar surface area (TPSA) is 12.9 Å². The maximum absolute atomic E-state index is 5.83. The van der Waals surface area contributed by atoms with E-state index in [-0.39, 0.29) is 0 Å². The molecule has 98 valence electrons. The van der Waals surface area contributed by atoms with Crippen molar-refractivity contribution in [3.8, 4) is 0 Å². The first kappa shape index (κ1) is 11.7. The van der Waals surface area contributed by atoms with Crippen LogP contribution in [0.1, 0.15) is 49.2 Å². The molecule has 3 heteroatoms. The van der Waals surface area contributed by atoms with Gasteiger partial charge in [0.1, 0.15) is 0 Å². The normalized spacial score (nSPS) is 41.5. The van der Waals surface area contributed by atoms with Crippen LogP contribution in [0, 0.1) is 17.8 Å². The third kappa shape index (κ3) is 1.76.